The van der Waals surface area contributed by atoms with Gasteiger partial charge < -0.3 is 20.3 Å². The fraction of sp³-hybridized carbons (Fsp3) is 0.867. The molecule has 0 saturated heterocycles. The van der Waals surface area contributed by atoms with Crippen molar-refractivity contribution in [3.8, 4) is 0 Å². The number of ether oxygens (including phenoxy) is 1. The number of rotatable bonds is 53. The SMILES string of the molecule is CCCCC/C=C\C/C=C\C/C=C\CCCCCCC(=O)OC(CCCCCCCCCCCCCCC)CC(=O)NC(CO)C(O)CCCCCCCCCCCCCCCCCCC. The van der Waals surface area contributed by atoms with Gasteiger partial charge in [-0.3, -0.25) is 9.59 Å². The van der Waals surface area contributed by atoms with Crippen molar-refractivity contribution >= 4 is 11.9 Å². The van der Waals surface area contributed by atoms with E-state index >= 15 is 0 Å². The molecule has 0 aliphatic heterocycles. The summed E-state index contributed by atoms with van der Waals surface area (Å²) in [6.45, 7) is 6.49. The van der Waals surface area contributed by atoms with E-state index in [0.29, 0.717) is 19.3 Å². The summed E-state index contributed by atoms with van der Waals surface area (Å²) in [7, 11) is 0. The number of hydrogen-bond acceptors (Lipinski definition) is 5. The van der Waals surface area contributed by atoms with Gasteiger partial charge in [0.15, 0.2) is 0 Å². The van der Waals surface area contributed by atoms with Crippen LogP contribution in [0.2, 0.25) is 0 Å². The minimum absolute atomic E-state index is 0.0730. The maximum Gasteiger partial charge on any atom is 0.306 e. The third-order valence-corrected chi connectivity index (χ3v) is 13.5. The van der Waals surface area contributed by atoms with Crippen molar-refractivity contribution in [2.24, 2.45) is 0 Å². The minimum atomic E-state index is -0.790. The lowest BCUT2D eigenvalue weighted by Gasteiger charge is -2.24. The number of carbonyl (C=O) groups is 2. The summed E-state index contributed by atoms with van der Waals surface area (Å²) in [4.78, 5) is 26.3. The van der Waals surface area contributed by atoms with Crippen molar-refractivity contribution in [1.82, 2.24) is 5.32 Å². The maximum absolute atomic E-state index is 13.3. The Hall–Kier alpha value is -1.92. The van der Waals surface area contributed by atoms with Gasteiger partial charge in [0.1, 0.15) is 6.10 Å². The molecule has 6 heteroatoms. The number of amides is 1. The van der Waals surface area contributed by atoms with Gasteiger partial charge >= 0.3 is 5.97 Å². The molecule has 0 bridgehead atoms. The zero-order valence-corrected chi connectivity index (χ0v) is 44.3. The Morgan fingerprint density at radius 1 is 0.439 bits per heavy atom. The van der Waals surface area contributed by atoms with Gasteiger partial charge in [0.2, 0.25) is 5.91 Å². The normalized spacial score (nSPS) is 13.3. The molecule has 388 valence electrons. The van der Waals surface area contributed by atoms with Gasteiger partial charge in [-0.1, -0.05) is 269 Å². The van der Waals surface area contributed by atoms with Crippen LogP contribution in [0.5, 0.6) is 0 Å². The Bertz CT molecular complexity index is 1090. The first-order valence-electron chi connectivity index (χ1n) is 29.2. The monoisotopic (exact) mass is 928 g/mol. The molecule has 0 aromatic carbocycles. The van der Waals surface area contributed by atoms with Crippen LogP contribution in [0.1, 0.15) is 310 Å². The summed E-state index contributed by atoms with van der Waals surface area (Å²) in [5.74, 6) is -0.483. The van der Waals surface area contributed by atoms with Crippen molar-refractivity contribution in [3.05, 3.63) is 36.5 Å². The number of carbonyl (C=O) groups excluding carboxylic acids is 2. The molecule has 0 radical (unpaired) electrons. The third-order valence-electron chi connectivity index (χ3n) is 13.5. The highest BCUT2D eigenvalue weighted by Crippen LogP contribution is 2.19. The van der Waals surface area contributed by atoms with E-state index in [0.717, 1.165) is 70.6 Å². The van der Waals surface area contributed by atoms with Gasteiger partial charge in [-0.25, -0.2) is 0 Å². The van der Waals surface area contributed by atoms with Crippen LogP contribution >= 0.6 is 0 Å². The van der Waals surface area contributed by atoms with E-state index in [-0.39, 0.29) is 24.9 Å². The molecule has 0 aliphatic rings. The molecule has 0 aromatic rings. The summed E-state index contributed by atoms with van der Waals surface area (Å²) >= 11 is 0. The number of aliphatic hydroxyl groups is 2. The molecular formula is C60H113NO5. The smallest absolute Gasteiger partial charge is 0.306 e. The van der Waals surface area contributed by atoms with Crippen LogP contribution in [-0.4, -0.2) is 46.9 Å². The Balaban J connectivity index is 4.52. The molecule has 6 nitrogen and oxygen atoms in total. The van der Waals surface area contributed by atoms with E-state index in [2.05, 4.69) is 62.5 Å². The van der Waals surface area contributed by atoms with Crippen molar-refractivity contribution in [2.45, 2.75) is 328 Å². The first-order valence-corrected chi connectivity index (χ1v) is 29.2. The second-order valence-corrected chi connectivity index (χ2v) is 20.1. The fourth-order valence-electron chi connectivity index (χ4n) is 9.03. The Morgan fingerprint density at radius 2 is 0.773 bits per heavy atom. The maximum atomic E-state index is 13.3. The molecule has 0 aliphatic carbocycles. The highest BCUT2D eigenvalue weighted by molar-refractivity contribution is 5.77. The topological polar surface area (TPSA) is 95.9 Å². The standard InChI is InChI=1S/C60H113NO5/c1-4-7-10-13-16-19-22-25-27-29-31-34-37-40-43-46-49-52-58(63)57(55-62)61-59(64)54-56(51-48-45-42-39-36-33-24-21-18-15-12-9-6-3)66-60(65)53-50-47-44-41-38-35-32-30-28-26-23-20-17-14-11-8-5-2/h17,20,26,28,32,35,56-58,62-63H,4-16,18-19,21-25,27,29-31,33-34,36-55H2,1-3H3,(H,61,64)/b20-17-,28-26-,35-32-. The van der Waals surface area contributed by atoms with Gasteiger partial charge in [-0.2, -0.15) is 0 Å². The molecule has 0 aromatic heterocycles. The van der Waals surface area contributed by atoms with Gasteiger partial charge in [0.05, 0.1) is 25.2 Å². The fourth-order valence-corrected chi connectivity index (χ4v) is 9.03. The van der Waals surface area contributed by atoms with Crippen LogP contribution in [0, 0.1) is 0 Å². The molecule has 1 amide bonds. The number of nitrogens with one attached hydrogen (secondary N) is 1. The van der Waals surface area contributed by atoms with E-state index in [9.17, 15) is 19.8 Å². The lowest BCUT2D eigenvalue weighted by Crippen LogP contribution is -2.46. The highest BCUT2D eigenvalue weighted by atomic mass is 16.5. The van der Waals surface area contributed by atoms with Crippen LogP contribution in [0.25, 0.3) is 0 Å². The molecule has 3 unspecified atom stereocenters. The van der Waals surface area contributed by atoms with Gasteiger partial charge in [0.25, 0.3) is 0 Å². The Morgan fingerprint density at radius 3 is 1.20 bits per heavy atom. The largest absolute Gasteiger partial charge is 0.462 e. The van der Waals surface area contributed by atoms with Crippen molar-refractivity contribution in [3.63, 3.8) is 0 Å². The van der Waals surface area contributed by atoms with Crippen molar-refractivity contribution < 1.29 is 24.5 Å². The zero-order chi connectivity index (χ0) is 48.1. The van der Waals surface area contributed by atoms with E-state index in [1.165, 1.54) is 193 Å². The molecule has 0 spiro atoms. The average Bonchev–Trinajstić information content (AvgIpc) is 3.31. The molecule has 0 rings (SSSR count). The first-order chi connectivity index (χ1) is 32.5. The second-order valence-electron chi connectivity index (χ2n) is 20.1. The van der Waals surface area contributed by atoms with Crippen LogP contribution in [0.15, 0.2) is 36.5 Å². The van der Waals surface area contributed by atoms with Crippen molar-refractivity contribution in [1.29, 1.82) is 0 Å². The van der Waals surface area contributed by atoms with Crippen LogP contribution in [0.3, 0.4) is 0 Å². The van der Waals surface area contributed by atoms with Crippen LogP contribution in [-0.2, 0) is 14.3 Å². The van der Waals surface area contributed by atoms with Crippen LogP contribution < -0.4 is 5.32 Å². The Kier molecular flexibility index (Phi) is 52.5. The lowest BCUT2D eigenvalue weighted by molar-refractivity contribution is -0.151. The highest BCUT2D eigenvalue weighted by Gasteiger charge is 2.24. The van der Waals surface area contributed by atoms with E-state index in [1.807, 2.05) is 0 Å². The van der Waals surface area contributed by atoms with E-state index in [1.54, 1.807) is 0 Å². The molecule has 66 heavy (non-hydrogen) atoms. The average molecular weight is 929 g/mol. The molecule has 0 fully saturated rings. The minimum Gasteiger partial charge on any atom is -0.462 e. The molecule has 3 N–H and O–H groups in total. The first kappa shape index (κ1) is 64.1. The summed E-state index contributed by atoms with van der Waals surface area (Å²) in [6, 6.07) is -0.704. The third kappa shape index (κ3) is 48.5. The summed E-state index contributed by atoms with van der Waals surface area (Å²) in [5, 5.41) is 23.9. The summed E-state index contributed by atoms with van der Waals surface area (Å²) in [6.07, 6.45) is 64.9. The summed E-state index contributed by atoms with van der Waals surface area (Å²) < 4.78 is 5.95. The number of hydrogen-bond donors (Lipinski definition) is 3. The van der Waals surface area contributed by atoms with Gasteiger partial charge in [0, 0.05) is 6.42 Å². The van der Waals surface area contributed by atoms with Gasteiger partial charge in [-0.15, -0.1) is 0 Å². The zero-order valence-electron chi connectivity index (χ0n) is 44.3. The van der Waals surface area contributed by atoms with Crippen molar-refractivity contribution in [2.75, 3.05) is 6.61 Å². The second kappa shape index (κ2) is 54.0. The lowest BCUT2D eigenvalue weighted by atomic mass is 10.0. The molecular weight excluding hydrogens is 815 g/mol. The molecule has 3 atom stereocenters. The number of esters is 1. The Labute approximate surface area is 411 Å². The van der Waals surface area contributed by atoms with E-state index < -0.39 is 18.2 Å². The number of allylic oxidation sites excluding steroid dienone is 6. The number of aliphatic hydroxyl groups excluding tert-OH is 2. The predicted octanol–water partition coefficient (Wildman–Crippen LogP) is 18.0. The van der Waals surface area contributed by atoms with Gasteiger partial charge in [-0.05, 0) is 64.2 Å². The molecule has 0 saturated carbocycles. The molecule has 0 heterocycles. The van der Waals surface area contributed by atoms with Crippen LogP contribution in [0.4, 0.5) is 0 Å². The summed E-state index contributed by atoms with van der Waals surface area (Å²) in [5.41, 5.74) is 0. The predicted molar refractivity (Wildman–Crippen MR) is 287 cm³/mol. The number of unbranched alkanes of at least 4 members (excludes halogenated alkanes) is 35. The van der Waals surface area contributed by atoms with E-state index in [4.69, 9.17) is 4.74 Å². The quantitative estimate of drug-likeness (QED) is 0.0321.